The maximum Gasteiger partial charge on any atom is 0.0947 e. The molecule has 0 saturated heterocycles. The largest absolute Gasteiger partial charge is 0.472 e. The van der Waals surface area contributed by atoms with Gasteiger partial charge in [0.05, 0.1) is 18.2 Å². The molecule has 0 amide bonds. The van der Waals surface area contributed by atoms with Crippen molar-refractivity contribution in [3.05, 3.63) is 41.6 Å². The molecular weight excluding hydrogens is 202 g/mol. The Morgan fingerprint density at radius 3 is 3.00 bits per heavy atom. The van der Waals surface area contributed by atoms with Gasteiger partial charge < -0.3 is 9.73 Å². The lowest BCUT2D eigenvalue weighted by Crippen LogP contribution is -2.16. The summed E-state index contributed by atoms with van der Waals surface area (Å²) in [6.07, 6.45) is 6.55. The van der Waals surface area contributed by atoms with Crippen LogP contribution in [0.3, 0.4) is 0 Å². The fourth-order valence-electron chi connectivity index (χ4n) is 1.74. The number of furan rings is 1. The van der Waals surface area contributed by atoms with E-state index >= 15 is 0 Å². The van der Waals surface area contributed by atoms with Crippen LogP contribution in [0.5, 0.6) is 0 Å². The number of aryl methyl sites for hydroxylation is 2. The zero-order valence-electron chi connectivity index (χ0n) is 9.73. The summed E-state index contributed by atoms with van der Waals surface area (Å²) in [5.41, 5.74) is 3.61. The van der Waals surface area contributed by atoms with Crippen LogP contribution in [-0.2, 0) is 20.0 Å². The van der Waals surface area contributed by atoms with Crippen LogP contribution in [0.25, 0.3) is 0 Å². The second-order valence-electron chi connectivity index (χ2n) is 3.97. The lowest BCUT2D eigenvalue weighted by atomic mass is 10.2. The van der Waals surface area contributed by atoms with E-state index in [1.807, 2.05) is 24.7 Å². The summed E-state index contributed by atoms with van der Waals surface area (Å²) in [6.45, 7) is 3.86. The topological polar surface area (TPSA) is 43.0 Å². The molecule has 0 aliphatic carbocycles. The highest BCUT2D eigenvalue weighted by atomic mass is 16.3. The fourth-order valence-corrected chi connectivity index (χ4v) is 1.74. The van der Waals surface area contributed by atoms with Gasteiger partial charge in [0.1, 0.15) is 0 Å². The van der Waals surface area contributed by atoms with E-state index in [1.54, 1.807) is 12.5 Å². The van der Waals surface area contributed by atoms with E-state index in [9.17, 15) is 0 Å². The zero-order chi connectivity index (χ0) is 11.4. The van der Waals surface area contributed by atoms with Gasteiger partial charge in [0.2, 0.25) is 0 Å². The van der Waals surface area contributed by atoms with E-state index in [-0.39, 0.29) is 0 Å². The summed E-state index contributed by atoms with van der Waals surface area (Å²) in [7, 11) is 1.95. The Hall–Kier alpha value is -1.55. The van der Waals surface area contributed by atoms with Gasteiger partial charge in [-0.25, -0.2) is 0 Å². The van der Waals surface area contributed by atoms with Crippen LogP contribution in [-0.4, -0.2) is 16.3 Å². The number of hydrogen-bond acceptors (Lipinski definition) is 3. The van der Waals surface area contributed by atoms with Gasteiger partial charge >= 0.3 is 0 Å². The molecular formula is C12H17N3O. The first-order chi connectivity index (χ1) is 7.75. The Balaban J connectivity index is 1.74. The molecule has 0 radical (unpaired) electrons. The summed E-state index contributed by atoms with van der Waals surface area (Å²) < 4.78 is 6.86. The first-order valence-electron chi connectivity index (χ1n) is 5.46. The highest BCUT2D eigenvalue weighted by molar-refractivity contribution is 5.15. The molecule has 0 aliphatic rings. The monoisotopic (exact) mass is 219 g/mol. The minimum absolute atomic E-state index is 0.857. The fraction of sp³-hybridized carbons (Fsp3) is 0.417. The summed E-state index contributed by atoms with van der Waals surface area (Å²) in [6, 6.07) is 1.97. The Morgan fingerprint density at radius 2 is 2.38 bits per heavy atom. The number of hydrogen-bond donors (Lipinski definition) is 1. The summed E-state index contributed by atoms with van der Waals surface area (Å²) in [4.78, 5) is 0. The van der Waals surface area contributed by atoms with Gasteiger partial charge in [0.15, 0.2) is 0 Å². The average Bonchev–Trinajstić information content (AvgIpc) is 2.84. The molecule has 2 aromatic heterocycles. The van der Waals surface area contributed by atoms with E-state index < -0.39 is 0 Å². The average molecular weight is 219 g/mol. The smallest absolute Gasteiger partial charge is 0.0947 e. The summed E-state index contributed by atoms with van der Waals surface area (Å²) in [5, 5.41) is 7.69. The van der Waals surface area contributed by atoms with Crippen molar-refractivity contribution in [2.24, 2.45) is 7.05 Å². The molecule has 16 heavy (non-hydrogen) atoms. The summed E-state index contributed by atoms with van der Waals surface area (Å²) in [5.74, 6) is 0. The number of nitrogens with one attached hydrogen (secondary N) is 1. The van der Waals surface area contributed by atoms with Crippen LogP contribution in [0.4, 0.5) is 0 Å². The number of nitrogens with zero attached hydrogens (tertiary/aromatic N) is 2. The van der Waals surface area contributed by atoms with E-state index in [0.717, 1.165) is 25.2 Å². The molecule has 4 nitrogen and oxygen atoms in total. The maximum atomic E-state index is 5.00. The molecule has 4 heteroatoms. The van der Waals surface area contributed by atoms with Crippen molar-refractivity contribution in [3.63, 3.8) is 0 Å². The molecule has 0 fully saturated rings. The molecule has 0 unspecified atom stereocenters. The van der Waals surface area contributed by atoms with Crippen molar-refractivity contribution >= 4 is 0 Å². The van der Waals surface area contributed by atoms with E-state index in [2.05, 4.69) is 16.6 Å². The standard InChI is InChI=1S/C12H17N3O/c1-10-12(8-15(2)14-10)3-5-13-7-11-4-6-16-9-11/h4,6,8-9,13H,3,5,7H2,1-2H3. The summed E-state index contributed by atoms with van der Waals surface area (Å²) >= 11 is 0. The van der Waals surface area contributed by atoms with Crippen molar-refractivity contribution in [1.82, 2.24) is 15.1 Å². The van der Waals surface area contributed by atoms with E-state index in [1.165, 1.54) is 11.1 Å². The number of rotatable bonds is 5. The highest BCUT2D eigenvalue weighted by Gasteiger charge is 2.02. The molecule has 0 saturated carbocycles. The highest BCUT2D eigenvalue weighted by Crippen LogP contribution is 2.05. The van der Waals surface area contributed by atoms with Gasteiger partial charge in [-0.1, -0.05) is 0 Å². The molecule has 86 valence electrons. The normalized spacial score (nSPS) is 10.9. The maximum absolute atomic E-state index is 5.00. The second kappa shape index (κ2) is 4.99. The molecule has 1 N–H and O–H groups in total. The second-order valence-corrected chi connectivity index (χ2v) is 3.97. The van der Waals surface area contributed by atoms with Gasteiger partial charge in [-0.15, -0.1) is 0 Å². The zero-order valence-corrected chi connectivity index (χ0v) is 9.73. The quantitative estimate of drug-likeness (QED) is 0.778. The van der Waals surface area contributed by atoms with Gasteiger partial charge in [0, 0.05) is 25.4 Å². The molecule has 2 aromatic rings. The first-order valence-corrected chi connectivity index (χ1v) is 5.46. The van der Waals surface area contributed by atoms with Gasteiger partial charge in [-0.2, -0.15) is 5.10 Å². The van der Waals surface area contributed by atoms with Crippen molar-refractivity contribution in [3.8, 4) is 0 Å². The minimum Gasteiger partial charge on any atom is -0.472 e. The third kappa shape index (κ3) is 2.73. The Kier molecular flexibility index (Phi) is 3.41. The Morgan fingerprint density at radius 1 is 1.50 bits per heavy atom. The molecule has 2 rings (SSSR count). The molecule has 0 bridgehead atoms. The molecule has 0 atom stereocenters. The SMILES string of the molecule is Cc1nn(C)cc1CCNCc1ccoc1. The predicted octanol–water partition coefficient (Wildman–Crippen LogP) is 1.65. The van der Waals surface area contributed by atoms with Crippen molar-refractivity contribution in [2.45, 2.75) is 19.9 Å². The molecule has 2 heterocycles. The van der Waals surface area contributed by atoms with Crippen LogP contribution >= 0.6 is 0 Å². The van der Waals surface area contributed by atoms with Crippen LogP contribution in [0.1, 0.15) is 16.8 Å². The number of aromatic nitrogens is 2. The van der Waals surface area contributed by atoms with Crippen molar-refractivity contribution < 1.29 is 4.42 Å². The van der Waals surface area contributed by atoms with Crippen molar-refractivity contribution in [1.29, 1.82) is 0 Å². The van der Waals surface area contributed by atoms with Crippen LogP contribution in [0.2, 0.25) is 0 Å². The van der Waals surface area contributed by atoms with Crippen molar-refractivity contribution in [2.75, 3.05) is 6.54 Å². The minimum atomic E-state index is 0.857. The van der Waals surface area contributed by atoms with Gasteiger partial charge in [-0.3, -0.25) is 4.68 Å². The van der Waals surface area contributed by atoms with Crippen LogP contribution < -0.4 is 5.32 Å². The van der Waals surface area contributed by atoms with Gasteiger partial charge in [0.25, 0.3) is 0 Å². The van der Waals surface area contributed by atoms with Crippen LogP contribution in [0, 0.1) is 6.92 Å². The molecule has 0 spiro atoms. The molecule has 0 aliphatic heterocycles. The van der Waals surface area contributed by atoms with Crippen LogP contribution in [0.15, 0.2) is 29.2 Å². The lowest BCUT2D eigenvalue weighted by molar-refractivity contribution is 0.560. The molecule has 0 aromatic carbocycles. The third-order valence-corrected chi connectivity index (χ3v) is 2.60. The van der Waals surface area contributed by atoms with E-state index in [4.69, 9.17) is 4.42 Å². The lowest BCUT2D eigenvalue weighted by Gasteiger charge is -2.01. The Labute approximate surface area is 95.3 Å². The Bertz CT molecular complexity index is 431. The third-order valence-electron chi connectivity index (χ3n) is 2.60. The first kappa shape index (κ1) is 11.0. The van der Waals surface area contributed by atoms with E-state index in [0.29, 0.717) is 0 Å². The van der Waals surface area contributed by atoms with Gasteiger partial charge in [-0.05, 0) is 31.5 Å². The predicted molar refractivity (Wildman–Crippen MR) is 62.1 cm³/mol.